The van der Waals surface area contributed by atoms with Crippen molar-refractivity contribution in [2.75, 3.05) is 19.0 Å². The van der Waals surface area contributed by atoms with Gasteiger partial charge in [0, 0.05) is 25.1 Å². The van der Waals surface area contributed by atoms with Gasteiger partial charge in [0.25, 0.3) is 5.91 Å². The molecule has 2 aromatic rings. The summed E-state index contributed by atoms with van der Waals surface area (Å²) in [6.45, 7) is -0.00848. The molecule has 0 aliphatic heterocycles. The van der Waals surface area contributed by atoms with Gasteiger partial charge < -0.3 is 15.4 Å². The molecule has 0 radical (unpaired) electrons. The molecular formula is C16H15F2N3O3. The monoisotopic (exact) mass is 335 g/mol. The topological polar surface area (TPSA) is 80.3 Å². The van der Waals surface area contributed by atoms with Crippen molar-refractivity contribution >= 4 is 17.6 Å². The van der Waals surface area contributed by atoms with Crippen molar-refractivity contribution in [2.24, 2.45) is 0 Å². The number of carbonyl (C=O) groups is 2. The molecule has 0 saturated carbocycles. The second-order valence-electron chi connectivity index (χ2n) is 4.74. The van der Waals surface area contributed by atoms with E-state index in [4.69, 9.17) is 4.74 Å². The highest BCUT2D eigenvalue weighted by atomic mass is 19.1. The third-order valence-electron chi connectivity index (χ3n) is 3.01. The third-order valence-corrected chi connectivity index (χ3v) is 3.01. The Balaban J connectivity index is 1.82. The van der Waals surface area contributed by atoms with Crippen LogP contribution in [0.15, 0.2) is 36.4 Å². The lowest BCUT2D eigenvalue weighted by molar-refractivity contribution is -0.116. The van der Waals surface area contributed by atoms with Gasteiger partial charge >= 0.3 is 0 Å². The largest absolute Gasteiger partial charge is 0.481 e. The first-order valence-electron chi connectivity index (χ1n) is 7.03. The number of benzene rings is 1. The van der Waals surface area contributed by atoms with Gasteiger partial charge in [-0.1, -0.05) is 6.07 Å². The second-order valence-corrected chi connectivity index (χ2v) is 4.74. The maximum atomic E-state index is 13.4. The summed E-state index contributed by atoms with van der Waals surface area (Å²) in [5, 5.41) is 4.94. The molecule has 2 N–H and O–H groups in total. The lowest BCUT2D eigenvalue weighted by Crippen LogP contribution is -2.28. The van der Waals surface area contributed by atoms with Crippen LogP contribution in [0, 0.1) is 11.6 Å². The number of pyridine rings is 1. The van der Waals surface area contributed by atoms with Gasteiger partial charge in [-0.05, 0) is 18.2 Å². The van der Waals surface area contributed by atoms with E-state index in [2.05, 4.69) is 15.6 Å². The minimum absolute atomic E-state index is 0.00848. The van der Waals surface area contributed by atoms with Crippen LogP contribution in [0.4, 0.5) is 14.6 Å². The molecule has 0 aliphatic rings. The molecule has 0 bridgehead atoms. The van der Waals surface area contributed by atoms with E-state index in [9.17, 15) is 18.4 Å². The van der Waals surface area contributed by atoms with Gasteiger partial charge in [-0.3, -0.25) is 9.59 Å². The van der Waals surface area contributed by atoms with Crippen LogP contribution in [-0.2, 0) is 4.79 Å². The molecule has 1 aromatic carbocycles. The van der Waals surface area contributed by atoms with Gasteiger partial charge in [0.15, 0.2) is 0 Å². The fourth-order valence-corrected chi connectivity index (χ4v) is 1.86. The van der Waals surface area contributed by atoms with E-state index in [0.717, 1.165) is 12.1 Å². The summed E-state index contributed by atoms with van der Waals surface area (Å²) in [6, 6.07) is 7.54. The van der Waals surface area contributed by atoms with Gasteiger partial charge in [0.05, 0.1) is 12.7 Å². The van der Waals surface area contributed by atoms with E-state index in [1.54, 1.807) is 18.2 Å². The summed E-state index contributed by atoms with van der Waals surface area (Å²) < 4.78 is 31.2. The fraction of sp³-hybridized carbons (Fsp3) is 0.188. The highest BCUT2D eigenvalue weighted by molar-refractivity contribution is 5.95. The smallest absolute Gasteiger partial charge is 0.254 e. The Morgan fingerprint density at radius 1 is 1.21 bits per heavy atom. The Bertz CT molecular complexity index is 753. The van der Waals surface area contributed by atoms with Crippen molar-refractivity contribution in [2.45, 2.75) is 6.42 Å². The van der Waals surface area contributed by atoms with E-state index in [-0.39, 0.29) is 24.4 Å². The van der Waals surface area contributed by atoms with E-state index in [1.807, 2.05) is 0 Å². The van der Waals surface area contributed by atoms with Crippen LogP contribution >= 0.6 is 0 Å². The molecule has 0 atom stereocenters. The number of carbonyl (C=O) groups excluding carboxylic acids is 2. The van der Waals surface area contributed by atoms with Crippen LogP contribution < -0.4 is 15.4 Å². The second kappa shape index (κ2) is 8.00. The molecule has 0 saturated heterocycles. The quantitative estimate of drug-likeness (QED) is 0.847. The summed E-state index contributed by atoms with van der Waals surface area (Å²) in [7, 11) is 1.46. The number of anilines is 1. The van der Waals surface area contributed by atoms with Crippen LogP contribution in [0.2, 0.25) is 0 Å². The van der Waals surface area contributed by atoms with Gasteiger partial charge in [-0.2, -0.15) is 4.98 Å². The van der Waals surface area contributed by atoms with E-state index in [0.29, 0.717) is 17.8 Å². The first kappa shape index (κ1) is 17.3. The van der Waals surface area contributed by atoms with E-state index in [1.165, 1.54) is 7.11 Å². The van der Waals surface area contributed by atoms with Crippen LogP contribution in [0.5, 0.6) is 5.88 Å². The maximum Gasteiger partial charge on any atom is 0.254 e. The highest BCUT2D eigenvalue weighted by Crippen LogP contribution is 2.11. The minimum atomic E-state index is -0.961. The SMILES string of the molecule is COc1cccc(NC(=O)CCNC(=O)c2ccc(F)cc2F)n1. The Morgan fingerprint density at radius 2 is 2.00 bits per heavy atom. The number of hydrogen-bond donors (Lipinski definition) is 2. The molecule has 0 unspecified atom stereocenters. The number of aromatic nitrogens is 1. The number of amides is 2. The van der Waals surface area contributed by atoms with Crippen molar-refractivity contribution in [3.8, 4) is 5.88 Å². The minimum Gasteiger partial charge on any atom is -0.481 e. The zero-order valence-electron chi connectivity index (χ0n) is 12.8. The molecule has 24 heavy (non-hydrogen) atoms. The number of ether oxygens (including phenoxy) is 1. The molecule has 1 heterocycles. The molecule has 8 heteroatoms. The molecule has 1 aromatic heterocycles. The first-order chi connectivity index (χ1) is 11.5. The fourth-order valence-electron chi connectivity index (χ4n) is 1.86. The Hall–Kier alpha value is -3.03. The van der Waals surface area contributed by atoms with Crippen molar-refractivity contribution in [3.05, 3.63) is 53.6 Å². The highest BCUT2D eigenvalue weighted by Gasteiger charge is 2.12. The Kier molecular flexibility index (Phi) is 5.78. The summed E-state index contributed by atoms with van der Waals surface area (Å²) in [6.07, 6.45) is -0.0343. The Labute approximate surface area is 136 Å². The molecule has 2 rings (SSSR count). The van der Waals surface area contributed by atoms with Crippen LogP contribution in [0.1, 0.15) is 16.8 Å². The zero-order chi connectivity index (χ0) is 17.5. The molecule has 2 amide bonds. The predicted octanol–water partition coefficient (Wildman–Crippen LogP) is 2.13. The van der Waals surface area contributed by atoms with Gasteiger partial charge in [0.2, 0.25) is 11.8 Å². The number of halogens is 2. The summed E-state index contributed by atoms with van der Waals surface area (Å²) in [4.78, 5) is 27.6. The van der Waals surface area contributed by atoms with Gasteiger partial charge in [-0.15, -0.1) is 0 Å². The van der Waals surface area contributed by atoms with Crippen LogP contribution in [-0.4, -0.2) is 30.5 Å². The number of rotatable bonds is 6. The van der Waals surface area contributed by atoms with E-state index < -0.39 is 17.5 Å². The molecular weight excluding hydrogens is 320 g/mol. The summed E-state index contributed by atoms with van der Waals surface area (Å²) >= 11 is 0. The molecule has 6 nitrogen and oxygen atoms in total. The van der Waals surface area contributed by atoms with E-state index >= 15 is 0 Å². The normalized spacial score (nSPS) is 10.1. The third kappa shape index (κ3) is 4.73. The number of methoxy groups -OCH3 is 1. The number of nitrogens with zero attached hydrogens (tertiary/aromatic N) is 1. The molecule has 0 aliphatic carbocycles. The number of nitrogens with one attached hydrogen (secondary N) is 2. The molecule has 0 spiro atoms. The molecule has 126 valence electrons. The lowest BCUT2D eigenvalue weighted by atomic mass is 10.2. The van der Waals surface area contributed by atoms with Crippen molar-refractivity contribution in [1.82, 2.24) is 10.3 Å². The summed E-state index contributed by atoms with van der Waals surface area (Å²) in [5.74, 6) is -2.16. The molecule has 0 fully saturated rings. The van der Waals surface area contributed by atoms with Crippen molar-refractivity contribution in [3.63, 3.8) is 0 Å². The maximum absolute atomic E-state index is 13.4. The van der Waals surface area contributed by atoms with Gasteiger partial charge in [0.1, 0.15) is 17.5 Å². The lowest BCUT2D eigenvalue weighted by Gasteiger charge is -2.07. The zero-order valence-corrected chi connectivity index (χ0v) is 12.8. The van der Waals surface area contributed by atoms with Crippen molar-refractivity contribution < 1.29 is 23.1 Å². The van der Waals surface area contributed by atoms with Crippen molar-refractivity contribution in [1.29, 1.82) is 0 Å². The van der Waals surface area contributed by atoms with Crippen LogP contribution in [0.3, 0.4) is 0 Å². The first-order valence-corrected chi connectivity index (χ1v) is 7.03. The average Bonchev–Trinajstić information content (AvgIpc) is 2.54. The average molecular weight is 335 g/mol. The Morgan fingerprint density at radius 3 is 2.71 bits per heavy atom. The predicted molar refractivity (Wildman–Crippen MR) is 82.7 cm³/mol. The van der Waals surface area contributed by atoms with Gasteiger partial charge in [-0.25, -0.2) is 8.78 Å². The number of hydrogen-bond acceptors (Lipinski definition) is 4. The van der Waals surface area contributed by atoms with Crippen LogP contribution in [0.25, 0.3) is 0 Å². The standard InChI is InChI=1S/C16H15F2N3O3/c1-24-15-4-2-3-13(21-15)20-14(22)7-8-19-16(23)11-6-5-10(17)9-12(11)18/h2-6,9H,7-8H2,1H3,(H,19,23)(H,20,21,22). The summed E-state index contributed by atoms with van der Waals surface area (Å²) in [5.41, 5.74) is -0.286.